The zero-order valence-electron chi connectivity index (χ0n) is 7.67. The van der Waals surface area contributed by atoms with Crippen LogP contribution in [0.1, 0.15) is 13.3 Å². The molecule has 0 saturated heterocycles. The standard InChI is InChI=1S/C8H17NO3/c1-7(8(10)11)3-4-9-5-6-12-2/h7,9H,3-6H2,1-2H3,(H,10,11). The fraction of sp³-hybridized carbons (Fsp3) is 0.875. The van der Waals surface area contributed by atoms with Crippen LogP contribution >= 0.6 is 0 Å². The molecule has 4 heteroatoms. The second-order valence-electron chi connectivity index (χ2n) is 2.77. The molecule has 2 N–H and O–H groups in total. The summed E-state index contributed by atoms with van der Waals surface area (Å²) in [5.74, 6) is -0.997. The van der Waals surface area contributed by atoms with E-state index in [0.717, 1.165) is 13.1 Å². The molecule has 0 rings (SSSR count). The van der Waals surface area contributed by atoms with Crippen LogP contribution in [0.2, 0.25) is 0 Å². The Kier molecular flexibility index (Phi) is 6.70. The van der Waals surface area contributed by atoms with E-state index in [9.17, 15) is 4.79 Å². The Labute approximate surface area is 72.9 Å². The number of ether oxygens (including phenoxy) is 1. The highest BCUT2D eigenvalue weighted by Crippen LogP contribution is 1.98. The Balaban J connectivity index is 3.14. The Morgan fingerprint density at radius 2 is 2.25 bits per heavy atom. The minimum absolute atomic E-state index is 0.264. The van der Waals surface area contributed by atoms with Gasteiger partial charge in [-0.3, -0.25) is 4.79 Å². The van der Waals surface area contributed by atoms with Gasteiger partial charge < -0.3 is 15.2 Å². The van der Waals surface area contributed by atoms with Crippen molar-refractivity contribution in [3.8, 4) is 0 Å². The van der Waals surface area contributed by atoms with Crippen molar-refractivity contribution in [1.29, 1.82) is 0 Å². The molecule has 72 valence electrons. The van der Waals surface area contributed by atoms with Crippen molar-refractivity contribution in [3.63, 3.8) is 0 Å². The SMILES string of the molecule is COCCNCCC(C)C(=O)O. The van der Waals surface area contributed by atoms with Crippen LogP contribution in [0.5, 0.6) is 0 Å². The molecule has 0 aliphatic heterocycles. The minimum Gasteiger partial charge on any atom is -0.481 e. The Morgan fingerprint density at radius 3 is 2.75 bits per heavy atom. The van der Waals surface area contributed by atoms with Crippen LogP contribution in [0.4, 0.5) is 0 Å². The van der Waals surface area contributed by atoms with Gasteiger partial charge in [0.25, 0.3) is 0 Å². The number of aliphatic carboxylic acids is 1. The molecule has 0 aliphatic rings. The van der Waals surface area contributed by atoms with Crippen molar-refractivity contribution in [1.82, 2.24) is 5.32 Å². The number of methoxy groups -OCH3 is 1. The fourth-order valence-electron chi connectivity index (χ4n) is 0.741. The van der Waals surface area contributed by atoms with E-state index in [4.69, 9.17) is 9.84 Å². The Morgan fingerprint density at radius 1 is 1.58 bits per heavy atom. The van der Waals surface area contributed by atoms with Crippen LogP contribution in [0.25, 0.3) is 0 Å². The van der Waals surface area contributed by atoms with Crippen molar-refractivity contribution in [2.75, 3.05) is 26.8 Å². The lowest BCUT2D eigenvalue weighted by Gasteiger charge is -2.06. The minimum atomic E-state index is -0.733. The number of hydrogen-bond donors (Lipinski definition) is 2. The second-order valence-corrected chi connectivity index (χ2v) is 2.77. The summed E-state index contributed by atoms with van der Waals surface area (Å²) in [4.78, 5) is 10.4. The first-order chi connectivity index (χ1) is 5.68. The summed E-state index contributed by atoms with van der Waals surface area (Å²) in [6.45, 7) is 3.89. The average Bonchev–Trinajstić information content (AvgIpc) is 2.03. The smallest absolute Gasteiger partial charge is 0.306 e. The molecule has 0 amide bonds. The van der Waals surface area contributed by atoms with Crippen LogP contribution < -0.4 is 5.32 Å². The molecular formula is C8H17NO3. The zero-order chi connectivity index (χ0) is 9.40. The predicted octanol–water partition coefficient (Wildman–Crippen LogP) is 0.333. The molecule has 12 heavy (non-hydrogen) atoms. The second kappa shape index (κ2) is 7.06. The van der Waals surface area contributed by atoms with E-state index in [1.54, 1.807) is 14.0 Å². The number of carbonyl (C=O) groups is 1. The highest BCUT2D eigenvalue weighted by Gasteiger charge is 2.08. The summed E-state index contributed by atoms with van der Waals surface area (Å²) in [7, 11) is 1.64. The maximum Gasteiger partial charge on any atom is 0.306 e. The molecule has 4 nitrogen and oxygen atoms in total. The van der Waals surface area contributed by atoms with Gasteiger partial charge in [0.15, 0.2) is 0 Å². The van der Waals surface area contributed by atoms with Crippen LogP contribution in [0, 0.1) is 5.92 Å². The molecule has 0 aliphatic carbocycles. The lowest BCUT2D eigenvalue weighted by Crippen LogP contribution is -2.23. The number of rotatable bonds is 7. The third kappa shape index (κ3) is 6.12. The van der Waals surface area contributed by atoms with Gasteiger partial charge in [0.1, 0.15) is 0 Å². The van der Waals surface area contributed by atoms with Crippen LogP contribution in [0.3, 0.4) is 0 Å². The van der Waals surface area contributed by atoms with Gasteiger partial charge in [-0.2, -0.15) is 0 Å². The number of carboxylic acid groups (broad SMARTS) is 1. The van der Waals surface area contributed by atoms with Crippen molar-refractivity contribution in [2.24, 2.45) is 5.92 Å². The predicted molar refractivity (Wildman–Crippen MR) is 46.2 cm³/mol. The van der Waals surface area contributed by atoms with Gasteiger partial charge >= 0.3 is 5.97 Å². The zero-order valence-corrected chi connectivity index (χ0v) is 7.67. The highest BCUT2D eigenvalue weighted by atomic mass is 16.5. The lowest BCUT2D eigenvalue weighted by atomic mass is 10.1. The fourth-order valence-corrected chi connectivity index (χ4v) is 0.741. The van der Waals surface area contributed by atoms with Crippen LogP contribution in [0.15, 0.2) is 0 Å². The summed E-state index contributed by atoms with van der Waals surface area (Å²) in [6, 6.07) is 0. The van der Waals surface area contributed by atoms with Gasteiger partial charge in [0.2, 0.25) is 0 Å². The van der Waals surface area contributed by atoms with Crippen molar-refractivity contribution < 1.29 is 14.6 Å². The van der Waals surface area contributed by atoms with Crippen LogP contribution in [-0.2, 0) is 9.53 Å². The Bertz CT molecular complexity index is 127. The molecule has 0 fully saturated rings. The molecule has 0 heterocycles. The Hall–Kier alpha value is -0.610. The van der Waals surface area contributed by atoms with Gasteiger partial charge in [-0.1, -0.05) is 6.92 Å². The monoisotopic (exact) mass is 175 g/mol. The third-order valence-electron chi connectivity index (χ3n) is 1.66. The quantitative estimate of drug-likeness (QED) is 0.547. The summed E-state index contributed by atoms with van der Waals surface area (Å²) < 4.78 is 4.82. The molecule has 0 saturated carbocycles. The molecular weight excluding hydrogens is 158 g/mol. The molecule has 1 atom stereocenters. The number of carboxylic acids is 1. The van der Waals surface area contributed by atoms with E-state index in [-0.39, 0.29) is 5.92 Å². The summed E-state index contributed by atoms with van der Waals surface area (Å²) in [5.41, 5.74) is 0. The molecule has 0 spiro atoms. The molecule has 0 radical (unpaired) electrons. The highest BCUT2D eigenvalue weighted by molar-refractivity contribution is 5.69. The first kappa shape index (κ1) is 11.4. The average molecular weight is 175 g/mol. The van der Waals surface area contributed by atoms with Gasteiger partial charge in [-0.25, -0.2) is 0 Å². The molecule has 0 aromatic carbocycles. The summed E-state index contributed by atoms with van der Waals surface area (Å²) >= 11 is 0. The molecule has 0 bridgehead atoms. The van der Waals surface area contributed by atoms with Crippen molar-refractivity contribution in [2.45, 2.75) is 13.3 Å². The first-order valence-electron chi connectivity index (χ1n) is 4.11. The van der Waals surface area contributed by atoms with E-state index in [2.05, 4.69) is 5.32 Å². The number of hydrogen-bond acceptors (Lipinski definition) is 3. The van der Waals surface area contributed by atoms with E-state index in [0.29, 0.717) is 13.0 Å². The normalized spacial score (nSPS) is 12.8. The van der Waals surface area contributed by atoms with Gasteiger partial charge in [-0.05, 0) is 13.0 Å². The molecule has 0 aromatic heterocycles. The summed E-state index contributed by atoms with van der Waals surface area (Å²) in [6.07, 6.45) is 0.666. The first-order valence-corrected chi connectivity index (χ1v) is 4.11. The molecule has 1 unspecified atom stereocenters. The van der Waals surface area contributed by atoms with Crippen molar-refractivity contribution >= 4 is 5.97 Å². The maximum absolute atomic E-state index is 10.4. The van der Waals surface area contributed by atoms with E-state index in [1.165, 1.54) is 0 Å². The molecule has 0 aromatic rings. The van der Waals surface area contributed by atoms with Gasteiger partial charge in [0.05, 0.1) is 12.5 Å². The van der Waals surface area contributed by atoms with Crippen LogP contribution in [-0.4, -0.2) is 37.9 Å². The van der Waals surface area contributed by atoms with Crippen molar-refractivity contribution in [3.05, 3.63) is 0 Å². The lowest BCUT2D eigenvalue weighted by molar-refractivity contribution is -0.141. The summed E-state index contributed by atoms with van der Waals surface area (Å²) in [5, 5.41) is 11.6. The van der Waals surface area contributed by atoms with Gasteiger partial charge in [-0.15, -0.1) is 0 Å². The van der Waals surface area contributed by atoms with E-state index in [1.807, 2.05) is 0 Å². The number of nitrogens with one attached hydrogen (secondary N) is 1. The largest absolute Gasteiger partial charge is 0.481 e. The maximum atomic E-state index is 10.4. The van der Waals surface area contributed by atoms with Gasteiger partial charge in [0, 0.05) is 13.7 Å². The van der Waals surface area contributed by atoms with E-state index < -0.39 is 5.97 Å². The van der Waals surface area contributed by atoms with E-state index >= 15 is 0 Å². The topological polar surface area (TPSA) is 58.6 Å². The third-order valence-corrected chi connectivity index (χ3v) is 1.66.